The van der Waals surface area contributed by atoms with Crippen molar-refractivity contribution in [1.82, 2.24) is 0 Å². The summed E-state index contributed by atoms with van der Waals surface area (Å²) in [4.78, 5) is 21.1. The third kappa shape index (κ3) is 3.34. The quantitative estimate of drug-likeness (QED) is 0.661. The van der Waals surface area contributed by atoms with E-state index in [2.05, 4.69) is 15.9 Å². The molecule has 0 aliphatic carbocycles. The molecule has 8 heteroatoms. The van der Waals surface area contributed by atoms with Gasteiger partial charge in [-0.05, 0) is 24.3 Å². The number of benzene rings is 2. The van der Waals surface area contributed by atoms with Crippen LogP contribution in [0.4, 0.5) is 10.1 Å². The van der Waals surface area contributed by atoms with Crippen LogP contribution >= 0.6 is 15.9 Å². The van der Waals surface area contributed by atoms with Crippen LogP contribution in [0.15, 0.2) is 40.9 Å². The van der Waals surface area contributed by atoms with E-state index in [1.807, 2.05) is 0 Å². The number of carboxylic acids is 1. The molecule has 0 heterocycles. The molecule has 21 heavy (non-hydrogen) atoms. The molecule has 0 radical (unpaired) electrons. The number of hydrogen-bond acceptors (Lipinski definition) is 4. The molecule has 108 valence electrons. The Bertz CT molecular complexity index is 734. The summed E-state index contributed by atoms with van der Waals surface area (Å²) >= 11 is 3.14. The number of halogens is 2. The summed E-state index contributed by atoms with van der Waals surface area (Å²) in [6.07, 6.45) is 0. The third-order valence-electron chi connectivity index (χ3n) is 2.52. The maximum absolute atomic E-state index is 13.6. The minimum absolute atomic E-state index is 0.190. The number of carboxylic acid groups (broad SMARTS) is 1. The zero-order chi connectivity index (χ0) is 15.6. The van der Waals surface area contributed by atoms with Gasteiger partial charge >= 0.3 is 5.97 Å². The molecule has 1 N–H and O–H groups in total. The molecule has 2 aromatic carbocycles. The van der Waals surface area contributed by atoms with E-state index in [-0.39, 0.29) is 11.5 Å². The number of hydrogen-bond donors (Lipinski definition) is 1. The average Bonchev–Trinajstić information content (AvgIpc) is 2.42. The number of rotatable bonds is 4. The SMILES string of the molecule is O=C(O)c1cc([N+](=O)[O-])ccc1Oc1cc(Br)ccc1F. The number of nitro groups is 1. The van der Waals surface area contributed by atoms with Gasteiger partial charge in [-0.1, -0.05) is 15.9 Å². The predicted octanol–water partition coefficient (Wildman–Crippen LogP) is 3.99. The van der Waals surface area contributed by atoms with Crippen molar-refractivity contribution >= 4 is 27.6 Å². The topological polar surface area (TPSA) is 89.7 Å². The molecule has 2 aromatic rings. The van der Waals surface area contributed by atoms with Gasteiger partial charge in [-0.3, -0.25) is 10.1 Å². The standard InChI is InChI=1S/C13H7BrFNO5/c14-7-1-3-10(15)12(5-7)21-11-4-2-8(16(19)20)6-9(11)13(17)18/h1-6H,(H,17,18). The zero-order valence-electron chi connectivity index (χ0n) is 10.2. The van der Waals surface area contributed by atoms with Gasteiger partial charge in [0.1, 0.15) is 11.3 Å². The van der Waals surface area contributed by atoms with Crippen LogP contribution < -0.4 is 4.74 Å². The lowest BCUT2D eigenvalue weighted by Gasteiger charge is -2.09. The second-order valence-corrected chi connectivity index (χ2v) is 4.84. The molecule has 0 bridgehead atoms. The molecule has 0 unspecified atom stereocenters. The lowest BCUT2D eigenvalue weighted by Crippen LogP contribution is -2.02. The number of carbonyl (C=O) groups is 1. The van der Waals surface area contributed by atoms with Gasteiger partial charge in [-0.2, -0.15) is 0 Å². The first-order chi connectivity index (χ1) is 9.88. The van der Waals surface area contributed by atoms with Crippen LogP contribution in [-0.2, 0) is 0 Å². The van der Waals surface area contributed by atoms with E-state index >= 15 is 0 Å². The Balaban J connectivity index is 2.46. The van der Waals surface area contributed by atoms with Crippen molar-refractivity contribution in [2.45, 2.75) is 0 Å². The summed E-state index contributed by atoms with van der Waals surface area (Å²) in [5, 5.41) is 19.7. The number of nitrogens with zero attached hydrogens (tertiary/aromatic N) is 1. The van der Waals surface area contributed by atoms with E-state index in [0.29, 0.717) is 4.47 Å². The van der Waals surface area contributed by atoms with Gasteiger partial charge in [-0.25, -0.2) is 9.18 Å². The van der Waals surface area contributed by atoms with E-state index in [9.17, 15) is 19.3 Å². The highest BCUT2D eigenvalue weighted by molar-refractivity contribution is 9.10. The Morgan fingerprint density at radius 2 is 1.95 bits per heavy atom. The number of ether oxygens (including phenoxy) is 1. The summed E-state index contributed by atoms with van der Waals surface area (Å²) < 4.78 is 19.3. The Hall–Kier alpha value is -2.48. The molecule has 0 aliphatic heterocycles. The second kappa shape index (κ2) is 5.88. The van der Waals surface area contributed by atoms with Gasteiger partial charge in [0.05, 0.1) is 4.92 Å². The van der Waals surface area contributed by atoms with E-state index in [0.717, 1.165) is 24.3 Å². The van der Waals surface area contributed by atoms with Crippen LogP contribution in [0.5, 0.6) is 11.5 Å². The molecule has 0 saturated carbocycles. The van der Waals surface area contributed by atoms with Crippen LogP contribution in [0.25, 0.3) is 0 Å². The van der Waals surface area contributed by atoms with Gasteiger partial charge in [0.15, 0.2) is 11.6 Å². The summed E-state index contributed by atoms with van der Waals surface area (Å²) in [6.45, 7) is 0. The Labute approximate surface area is 126 Å². The first-order valence-electron chi connectivity index (χ1n) is 5.53. The fourth-order valence-electron chi connectivity index (χ4n) is 1.56. The minimum atomic E-state index is -1.41. The summed E-state index contributed by atoms with van der Waals surface area (Å²) in [5.74, 6) is -2.48. The van der Waals surface area contributed by atoms with Crippen molar-refractivity contribution < 1.29 is 24.0 Å². The first kappa shape index (κ1) is 14.9. The summed E-state index contributed by atoms with van der Waals surface area (Å²) in [6, 6.07) is 6.97. The summed E-state index contributed by atoms with van der Waals surface area (Å²) in [5.41, 5.74) is -0.821. The number of nitro benzene ring substituents is 1. The fourth-order valence-corrected chi connectivity index (χ4v) is 1.90. The lowest BCUT2D eigenvalue weighted by atomic mass is 10.2. The molecule has 0 aromatic heterocycles. The minimum Gasteiger partial charge on any atom is -0.478 e. The molecule has 6 nitrogen and oxygen atoms in total. The van der Waals surface area contributed by atoms with E-state index in [1.165, 1.54) is 12.1 Å². The molecule has 0 atom stereocenters. The highest BCUT2D eigenvalue weighted by Crippen LogP contribution is 2.31. The highest BCUT2D eigenvalue weighted by Gasteiger charge is 2.18. The van der Waals surface area contributed by atoms with Crippen molar-refractivity contribution in [1.29, 1.82) is 0 Å². The van der Waals surface area contributed by atoms with Crippen molar-refractivity contribution in [3.05, 3.63) is 62.4 Å². The number of aromatic carboxylic acids is 1. The zero-order valence-corrected chi connectivity index (χ0v) is 11.8. The van der Waals surface area contributed by atoms with Crippen LogP contribution in [0.2, 0.25) is 0 Å². The molecule has 0 fully saturated rings. The molecule has 0 amide bonds. The Kier molecular flexibility index (Phi) is 4.18. The van der Waals surface area contributed by atoms with Crippen LogP contribution in [0, 0.1) is 15.9 Å². The van der Waals surface area contributed by atoms with Crippen molar-refractivity contribution in [2.75, 3.05) is 0 Å². The van der Waals surface area contributed by atoms with Crippen molar-refractivity contribution in [3.8, 4) is 11.5 Å². The molecular formula is C13H7BrFNO5. The molecule has 2 rings (SSSR count). The normalized spacial score (nSPS) is 10.2. The van der Waals surface area contributed by atoms with Crippen LogP contribution in [0.1, 0.15) is 10.4 Å². The predicted molar refractivity (Wildman–Crippen MR) is 74.2 cm³/mol. The first-order valence-corrected chi connectivity index (χ1v) is 6.32. The molecule has 0 spiro atoms. The largest absolute Gasteiger partial charge is 0.478 e. The van der Waals surface area contributed by atoms with Crippen molar-refractivity contribution in [2.24, 2.45) is 0 Å². The Morgan fingerprint density at radius 1 is 1.24 bits per heavy atom. The summed E-state index contributed by atoms with van der Waals surface area (Å²) in [7, 11) is 0. The van der Waals surface area contributed by atoms with Crippen LogP contribution in [0.3, 0.4) is 0 Å². The van der Waals surface area contributed by atoms with E-state index < -0.39 is 28.0 Å². The maximum atomic E-state index is 13.6. The lowest BCUT2D eigenvalue weighted by molar-refractivity contribution is -0.384. The van der Waals surface area contributed by atoms with Crippen LogP contribution in [-0.4, -0.2) is 16.0 Å². The molecule has 0 aliphatic rings. The van der Waals surface area contributed by atoms with E-state index in [1.54, 1.807) is 0 Å². The maximum Gasteiger partial charge on any atom is 0.339 e. The van der Waals surface area contributed by atoms with Crippen molar-refractivity contribution in [3.63, 3.8) is 0 Å². The third-order valence-corrected chi connectivity index (χ3v) is 3.01. The number of non-ortho nitro benzene ring substituents is 1. The van der Waals surface area contributed by atoms with Gasteiger partial charge in [0.25, 0.3) is 5.69 Å². The Morgan fingerprint density at radius 3 is 2.57 bits per heavy atom. The van der Waals surface area contributed by atoms with E-state index in [4.69, 9.17) is 9.84 Å². The van der Waals surface area contributed by atoms with Gasteiger partial charge < -0.3 is 9.84 Å². The molecule has 0 saturated heterocycles. The second-order valence-electron chi connectivity index (χ2n) is 3.92. The smallest absolute Gasteiger partial charge is 0.339 e. The monoisotopic (exact) mass is 355 g/mol. The fraction of sp³-hybridized carbons (Fsp3) is 0. The molecular weight excluding hydrogens is 349 g/mol. The average molecular weight is 356 g/mol. The van der Waals surface area contributed by atoms with Gasteiger partial charge in [-0.15, -0.1) is 0 Å². The highest BCUT2D eigenvalue weighted by atomic mass is 79.9. The van der Waals surface area contributed by atoms with Gasteiger partial charge in [0.2, 0.25) is 0 Å². The van der Waals surface area contributed by atoms with Gasteiger partial charge in [0, 0.05) is 16.6 Å².